The van der Waals surface area contributed by atoms with E-state index < -0.39 is 0 Å². The van der Waals surface area contributed by atoms with Gasteiger partial charge in [0.1, 0.15) is 0 Å². The van der Waals surface area contributed by atoms with Crippen LogP contribution < -0.4 is 10.1 Å². The summed E-state index contributed by atoms with van der Waals surface area (Å²) >= 11 is 0. The molecular formula is C14H23N3O. The van der Waals surface area contributed by atoms with Crippen LogP contribution in [0.3, 0.4) is 0 Å². The summed E-state index contributed by atoms with van der Waals surface area (Å²) in [4.78, 5) is 6.83. The van der Waals surface area contributed by atoms with Crippen LogP contribution in [0.2, 0.25) is 0 Å². The maximum Gasteiger partial charge on any atom is 0.213 e. The van der Waals surface area contributed by atoms with Gasteiger partial charge in [-0.05, 0) is 39.4 Å². The molecule has 0 aliphatic carbocycles. The lowest BCUT2D eigenvalue weighted by molar-refractivity contribution is 0.168. The van der Waals surface area contributed by atoms with Crippen LogP contribution in [0.5, 0.6) is 5.88 Å². The third-order valence-electron chi connectivity index (χ3n) is 3.77. The minimum absolute atomic E-state index is 0.601. The number of hydrogen-bond donors (Lipinski definition) is 1. The first-order chi connectivity index (χ1) is 8.69. The summed E-state index contributed by atoms with van der Waals surface area (Å²) in [6, 6.07) is 7.16. The molecule has 0 amide bonds. The Hall–Kier alpha value is -1.13. The molecule has 1 aromatic rings. The number of aromatic nitrogens is 1. The molecule has 1 aliphatic rings. The van der Waals surface area contributed by atoms with Gasteiger partial charge in [0, 0.05) is 24.7 Å². The van der Waals surface area contributed by atoms with Gasteiger partial charge in [-0.15, -0.1) is 0 Å². The van der Waals surface area contributed by atoms with Crippen LogP contribution in [-0.2, 0) is 6.54 Å². The normalized spacial score (nSPS) is 25.1. The number of methoxy groups -OCH3 is 1. The second kappa shape index (κ2) is 6.16. The molecule has 2 unspecified atom stereocenters. The van der Waals surface area contributed by atoms with Crippen molar-refractivity contribution in [3.8, 4) is 5.88 Å². The highest BCUT2D eigenvalue weighted by Gasteiger charge is 2.22. The lowest BCUT2D eigenvalue weighted by Gasteiger charge is -2.35. The summed E-state index contributed by atoms with van der Waals surface area (Å²) in [5, 5.41) is 3.60. The molecule has 100 valence electrons. The molecule has 4 nitrogen and oxygen atoms in total. The molecule has 18 heavy (non-hydrogen) atoms. The van der Waals surface area contributed by atoms with Crippen molar-refractivity contribution in [1.82, 2.24) is 15.2 Å². The summed E-state index contributed by atoms with van der Waals surface area (Å²) in [6.07, 6.45) is 2.42. The van der Waals surface area contributed by atoms with E-state index in [2.05, 4.69) is 29.2 Å². The minimum Gasteiger partial charge on any atom is -0.481 e. The van der Waals surface area contributed by atoms with E-state index in [0.29, 0.717) is 18.0 Å². The Kier molecular flexibility index (Phi) is 4.55. The molecule has 0 aromatic carbocycles. The van der Waals surface area contributed by atoms with Gasteiger partial charge in [0.15, 0.2) is 0 Å². The largest absolute Gasteiger partial charge is 0.481 e. The van der Waals surface area contributed by atoms with Gasteiger partial charge < -0.3 is 15.0 Å². The van der Waals surface area contributed by atoms with Gasteiger partial charge in [-0.25, -0.2) is 4.98 Å². The van der Waals surface area contributed by atoms with Crippen LogP contribution in [0.25, 0.3) is 0 Å². The van der Waals surface area contributed by atoms with Gasteiger partial charge in [-0.1, -0.05) is 6.07 Å². The Morgan fingerprint density at radius 3 is 3.06 bits per heavy atom. The minimum atomic E-state index is 0.601. The van der Waals surface area contributed by atoms with Crippen LogP contribution in [0.15, 0.2) is 18.2 Å². The molecule has 4 heteroatoms. The molecular weight excluding hydrogens is 226 g/mol. The number of rotatable bonds is 4. The van der Waals surface area contributed by atoms with Crippen LogP contribution in [0.1, 0.15) is 25.5 Å². The van der Waals surface area contributed by atoms with Gasteiger partial charge in [-0.3, -0.25) is 0 Å². The van der Waals surface area contributed by atoms with Crippen molar-refractivity contribution >= 4 is 0 Å². The highest BCUT2D eigenvalue weighted by Crippen LogP contribution is 2.16. The fourth-order valence-electron chi connectivity index (χ4n) is 2.39. The molecule has 1 saturated heterocycles. The quantitative estimate of drug-likeness (QED) is 0.880. The van der Waals surface area contributed by atoms with Gasteiger partial charge in [0.25, 0.3) is 0 Å². The van der Waals surface area contributed by atoms with Crippen molar-refractivity contribution in [3.63, 3.8) is 0 Å². The number of hydrogen-bond acceptors (Lipinski definition) is 4. The number of piperidine rings is 1. The molecule has 0 radical (unpaired) electrons. The Balaban J connectivity index is 1.84. The maximum absolute atomic E-state index is 5.13. The predicted octanol–water partition coefficient (Wildman–Crippen LogP) is 1.66. The Bertz CT molecular complexity index is 383. The Morgan fingerprint density at radius 2 is 2.33 bits per heavy atom. The highest BCUT2D eigenvalue weighted by atomic mass is 16.5. The van der Waals surface area contributed by atoms with E-state index in [1.165, 1.54) is 19.4 Å². The average molecular weight is 249 g/mol. The highest BCUT2D eigenvalue weighted by molar-refractivity contribution is 5.15. The third-order valence-corrected chi connectivity index (χ3v) is 3.77. The first kappa shape index (κ1) is 13.3. The zero-order chi connectivity index (χ0) is 13.0. The molecule has 2 rings (SSSR count). The average Bonchev–Trinajstić information content (AvgIpc) is 2.40. The van der Waals surface area contributed by atoms with Gasteiger partial charge in [0.05, 0.1) is 12.8 Å². The number of nitrogens with one attached hydrogen (secondary N) is 1. The van der Waals surface area contributed by atoms with Crippen LogP contribution in [0, 0.1) is 0 Å². The molecule has 1 fully saturated rings. The fourth-order valence-corrected chi connectivity index (χ4v) is 2.39. The second-order valence-corrected chi connectivity index (χ2v) is 5.10. The Labute approximate surface area is 109 Å². The molecule has 1 N–H and O–H groups in total. The van der Waals surface area contributed by atoms with Crippen molar-refractivity contribution in [3.05, 3.63) is 23.9 Å². The fraction of sp³-hybridized carbons (Fsp3) is 0.643. The first-order valence-corrected chi connectivity index (χ1v) is 6.62. The van der Waals surface area contributed by atoms with Gasteiger partial charge in [-0.2, -0.15) is 0 Å². The topological polar surface area (TPSA) is 37.4 Å². The first-order valence-electron chi connectivity index (χ1n) is 6.62. The maximum atomic E-state index is 5.13. The van der Waals surface area contributed by atoms with Crippen molar-refractivity contribution in [1.29, 1.82) is 0 Å². The summed E-state index contributed by atoms with van der Waals surface area (Å²) in [5.41, 5.74) is 1.04. The van der Waals surface area contributed by atoms with E-state index in [1.807, 2.05) is 18.2 Å². The van der Waals surface area contributed by atoms with E-state index in [0.717, 1.165) is 12.2 Å². The summed E-state index contributed by atoms with van der Waals surface area (Å²) in [6.45, 7) is 4.28. The van der Waals surface area contributed by atoms with Crippen LogP contribution in [0.4, 0.5) is 0 Å². The monoisotopic (exact) mass is 249 g/mol. The van der Waals surface area contributed by atoms with Crippen LogP contribution in [-0.4, -0.2) is 42.7 Å². The van der Waals surface area contributed by atoms with Crippen molar-refractivity contribution in [2.45, 2.75) is 38.4 Å². The summed E-state index contributed by atoms with van der Waals surface area (Å²) in [7, 11) is 3.85. The lowest BCUT2D eigenvalue weighted by Crippen LogP contribution is -2.45. The van der Waals surface area contributed by atoms with Crippen molar-refractivity contribution in [2.24, 2.45) is 0 Å². The summed E-state index contributed by atoms with van der Waals surface area (Å²) < 4.78 is 5.13. The van der Waals surface area contributed by atoms with E-state index in [4.69, 9.17) is 4.74 Å². The van der Waals surface area contributed by atoms with E-state index in [-0.39, 0.29) is 0 Å². The number of likely N-dealkylation sites (tertiary alicyclic amines) is 1. The number of ether oxygens (including phenoxy) is 1. The van der Waals surface area contributed by atoms with E-state index >= 15 is 0 Å². The second-order valence-electron chi connectivity index (χ2n) is 5.10. The van der Waals surface area contributed by atoms with Gasteiger partial charge >= 0.3 is 0 Å². The SMILES string of the molecule is COc1cccc(CNC2CCN(C)C(C)C2)n1. The Morgan fingerprint density at radius 1 is 1.50 bits per heavy atom. The van der Waals surface area contributed by atoms with Crippen molar-refractivity contribution in [2.75, 3.05) is 20.7 Å². The molecule has 0 spiro atoms. The standard InChI is InChI=1S/C14H23N3O/c1-11-9-12(7-8-17(11)2)15-10-13-5-4-6-14(16-13)18-3/h4-6,11-12,15H,7-10H2,1-3H3. The van der Waals surface area contributed by atoms with E-state index in [9.17, 15) is 0 Å². The molecule has 0 bridgehead atoms. The zero-order valence-electron chi connectivity index (χ0n) is 11.5. The molecule has 1 aromatic heterocycles. The molecule has 0 saturated carbocycles. The van der Waals surface area contributed by atoms with Crippen molar-refractivity contribution < 1.29 is 4.74 Å². The molecule has 2 heterocycles. The molecule has 2 atom stereocenters. The number of pyridine rings is 1. The lowest BCUT2D eigenvalue weighted by atomic mass is 9.99. The molecule has 1 aliphatic heterocycles. The number of nitrogens with zero attached hydrogens (tertiary/aromatic N) is 2. The zero-order valence-corrected chi connectivity index (χ0v) is 11.5. The van der Waals surface area contributed by atoms with E-state index in [1.54, 1.807) is 7.11 Å². The van der Waals surface area contributed by atoms with Crippen LogP contribution >= 0.6 is 0 Å². The van der Waals surface area contributed by atoms with Gasteiger partial charge in [0.2, 0.25) is 5.88 Å². The third kappa shape index (κ3) is 3.43. The smallest absolute Gasteiger partial charge is 0.213 e. The predicted molar refractivity (Wildman–Crippen MR) is 72.7 cm³/mol. The summed E-state index contributed by atoms with van der Waals surface area (Å²) in [5.74, 6) is 0.686.